The number of likely N-dealkylation sites (N-methyl/N-ethyl adjacent to an activating group) is 1. The summed E-state index contributed by atoms with van der Waals surface area (Å²) in [5, 5.41) is 1.11. The molecule has 0 radical (unpaired) electrons. The highest BCUT2D eigenvalue weighted by Gasteiger charge is 2.39. The van der Waals surface area contributed by atoms with Gasteiger partial charge < -0.3 is 9.64 Å². The molecule has 1 fully saturated rings. The fraction of sp³-hybridized carbons (Fsp3) is 0.333. The van der Waals surface area contributed by atoms with E-state index in [-0.39, 0.29) is 5.91 Å². The maximum absolute atomic E-state index is 12.4. The van der Waals surface area contributed by atoms with Crippen molar-refractivity contribution >= 4 is 32.7 Å². The van der Waals surface area contributed by atoms with E-state index >= 15 is 0 Å². The van der Waals surface area contributed by atoms with Gasteiger partial charge in [0, 0.05) is 42.1 Å². The number of nitrogens with zero attached hydrogens (tertiary/aromatic N) is 3. The van der Waals surface area contributed by atoms with Crippen molar-refractivity contribution in [3.8, 4) is 17.0 Å². The summed E-state index contributed by atoms with van der Waals surface area (Å²) in [6.07, 6.45) is 0. The fourth-order valence-corrected chi connectivity index (χ4v) is 4.28. The summed E-state index contributed by atoms with van der Waals surface area (Å²) >= 11 is 3.50. The second-order valence-electron chi connectivity index (χ2n) is 8.18. The molecule has 0 bridgehead atoms. The number of fused-ring (bicyclic) bond motifs is 1. The third-order valence-corrected chi connectivity index (χ3v) is 6.29. The summed E-state index contributed by atoms with van der Waals surface area (Å²) in [6, 6.07) is 18.2. The van der Waals surface area contributed by atoms with E-state index in [0.717, 1.165) is 52.0 Å². The van der Waals surface area contributed by atoms with Crippen LogP contribution in [-0.4, -0.2) is 59.5 Å². The normalized spacial score (nSPS) is 16.8. The number of carbonyl (C=O) groups excluding carboxylic acids is 1. The molecule has 2 aromatic carbocycles. The maximum atomic E-state index is 12.4. The summed E-state index contributed by atoms with van der Waals surface area (Å²) < 4.78 is 7.00. The smallest absolute Gasteiger partial charge is 0.242 e. The number of piperazine rings is 1. The first-order chi connectivity index (χ1) is 14.3. The number of aromatic nitrogens is 1. The lowest BCUT2D eigenvalue weighted by molar-refractivity contribution is -0.147. The lowest BCUT2D eigenvalue weighted by atomic mass is 9.98. The van der Waals surface area contributed by atoms with Crippen LogP contribution in [0.15, 0.2) is 59.1 Å². The summed E-state index contributed by atoms with van der Waals surface area (Å²) in [5.41, 5.74) is 2.48. The van der Waals surface area contributed by atoms with Crippen LogP contribution in [-0.2, 0) is 4.79 Å². The standard InChI is InChI=1S/C24H26BrN3O2/c1-24(2)23(29)27(3)12-13-28(24)14-15-30-20-8-4-17(5-9-20)21-10-6-18-16-19(25)7-11-22(18)26-21/h4-11,16H,12-15H2,1-3H3. The molecule has 1 aromatic heterocycles. The molecule has 1 aliphatic rings. The predicted octanol–water partition coefficient (Wildman–Crippen LogP) is 4.60. The average Bonchev–Trinajstić information content (AvgIpc) is 2.74. The van der Waals surface area contributed by atoms with Crippen LogP contribution in [0.25, 0.3) is 22.2 Å². The van der Waals surface area contributed by atoms with Gasteiger partial charge in [-0.15, -0.1) is 0 Å². The van der Waals surface area contributed by atoms with Crippen molar-refractivity contribution in [1.29, 1.82) is 0 Å². The van der Waals surface area contributed by atoms with E-state index in [0.29, 0.717) is 6.61 Å². The minimum absolute atomic E-state index is 0.161. The molecule has 0 unspecified atom stereocenters. The van der Waals surface area contributed by atoms with Gasteiger partial charge in [-0.25, -0.2) is 4.98 Å². The monoisotopic (exact) mass is 467 g/mol. The zero-order valence-corrected chi connectivity index (χ0v) is 19.1. The summed E-state index contributed by atoms with van der Waals surface area (Å²) in [4.78, 5) is 21.2. The van der Waals surface area contributed by atoms with Gasteiger partial charge in [-0.05, 0) is 62.4 Å². The van der Waals surface area contributed by atoms with Crippen LogP contribution >= 0.6 is 15.9 Å². The Kier molecular flexibility index (Phi) is 5.80. The van der Waals surface area contributed by atoms with Gasteiger partial charge in [-0.3, -0.25) is 9.69 Å². The van der Waals surface area contributed by atoms with Crippen LogP contribution in [0.5, 0.6) is 5.75 Å². The van der Waals surface area contributed by atoms with E-state index in [1.807, 2.05) is 63.4 Å². The maximum Gasteiger partial charge on any atom is 0.242 e. The highest BCUT2D eigenvalue weighted by molar-refractivity contribution is 9.10. The van der Waals surface area contributed by atoms with Crippen molar-refractivity contribution in [3.63, 3.8) is 0 Å². The Labute approximate surface area is 185 Å². The van der Waals surface area contributed by atoms with Gasteiger partial charge in [-0.2, -0.15) is 0 Å². The Morgan fingerprint density at radius 2 is 1.83 bits per heavy atom. The number of benzene rings is 2. The van der Waals surface area contributed by atoms with E-state index < -0.39 is 5.54 Å². The highest BCUT2D eigenvalue weighted by atomic mass is 79.9. The Bertz CT molecular complexity index is 1070. The van der Waals surface area contributed by atoms with E-state index in [2.05, 4.69) is 33.0 Å². The molecular weight excluding hydrogens is 442 g/mol. The minimum atomic E-state index is -0.489. The fourth-order valence-electron chi connectivity index (χ4n) is 3.90. The number of hydrogen-bond donors (Lipinski definition) is 0. The molecular formula is C24H26BrN3O2. The first-order valence-corrected chi connectivity index (χ1v) is 10.9. The predicted molar refractivity (Wildman–Crippen MR) is 124 cm³/mol. The third kappa shape index (κ3) is 4.20. The lowest BCUT2D eigenvalue weighted by Gasteiger charge is -2.44. The third-order valence-electron chi connectivity index (χ3n) is 5.80. The van der Waals surface area contributed by atoms with Crippen LogP contribution in [0.3, 0.4) is 0 Å². The number of carbonyl (C=O) groups is 1. The van der Waals surface area contributed by atoms with Crippen LogP contribution in [0.2, 0.25) is 0 Å². The minimum Gasteiger partial charge on any atom is -0.492 e. The van der Waals surface area contributed by atoms with Crippen LogP contribution < -0.4 is 4.74 Å². The zero-order valence-electron chi connectivity index (χ0n) is 17.6. The quantitative estimate of drug-likeness (QED) is 0.550. The molecule has 1 aliphatic heterocycles. The van der Waals surface area contributed by atoms with Gasteiger partial charge >= 0.3 is 0 Å². The second-order valence-corrected chi connectivity index (χ2v) is 9.09. The number of hydrogen-bond acceptors (Lipinski definition) is 4. The van der Waals surface area contributed by atoms with Gasteiger partial charge in [-0.1, -0.05) is 22.0 Å². The van der Waals surface area contributed by atoms with Crippen LogP contribution in [0.1, 0.15) is 13.8 Å². The number of pyridine rings is 1. The number of amides is 1. The first kappa shape index (κ1) is 20.8. The highest BCUT2D eigenvalue weighted by Crippen LogP contribution is 2.25. The Morgan fingerprint density at radius 1 is 1.07 bits per heavy atom. The Morgan fingerprint density at radius 3 is 2.60 bits per heavy atom. The lowest BCUT2D eigenvalue weighted by Crippen LogP contribution is -2.62. The molecule has 0 atom stereocenters. The van der Waals surface area contributed by atoms with Crippen molar-refractivity contribution in [2.24, 2.45) is 0 Å². The van der Waals surface area contributed by atoms with E-state index in [9.17, 15) is 4.79 Å². The van der Waals surface area contributed by atoms with Crippen molar-refractivity contribution in [2.75, 3.05) is 33.3 Å². The molecule has 0 N–H and O–H groups in total. The molecule has 0 spiro atoms. The van der Waals surface area contributed by atoms with Crippen molar-refractivity contribution < 1.29 is 9.53 Å². The van der Waals surface area contributed by atoms with Gasteiger partial charge in [0.2, 0.25) is 5.91 Å². The molecule has 5 nitrogen and oxygen atoms in total. The van der Waals surface area contributed by atoms with Crippen LogP contribution in [0, 0.1) is 0 Å². The average molecular weight is 468 g/mol. The summed E-state index contributed by atoms with van der Waals surface area (Å²) in [6.45, 7) is 6.84. The molecule has 0 saturated carbocycles. The molecule has 3 aromatic rings. The topological polar surface area (TPSA) is 45.7 Å². The Hall–Kier alpha value is -2.44. The van der Waals surface area contributed by atoms with Crippen LogP contribution in [0.4, 0.5) is 0 Å². The molecule has 1 saturated heterocycles. The van der Waals surface area contributed by atoms with E-state index in [4.69, 9.17) is 9.72 Å². The van der Waals surface area contributed by atoms with Gasteiger partial charge in [0.25, 0.3) is 0 Å². The number of rotatable bonds is 5. The molecule has 1 amide bonds. The van der Waals surface area contributed by atoms with E-state index in [1.54, 1.807) is 4.90 Å². The molecule has 30 heavy (non-hydrogen) atoms. The largest absolute Gasteiger partial charge is 0.492 e. The number of ether oxygens (including phenoxy) is 1. The molecule has 156 valence electrons. The van der Waals surface area contributed by atoms with Gasteiger partial charge in [0.15, 0.2) is 0 Å². The first-order valence-electron chi connectivity index (χ1n) is 10.1. The Balaban J connectivity index is 1.38. The second kappa shape index (κ2) is 8.36. The van der Waals surface area contributed by atoms with Crippen molar-refractivity contribution in [2.45, 2.75) is 19.4 Å². The zero-order chi connectivity index (χ0) is 21.3. The number of halogens is 1. The SMILES string of the molecule is CN1CCN(CCOc2ccc(-c3ccc4cc(Br)ccc4n3)cc2)C(C)(C)C1=O. The molecule has 2 heterocycles. The van der Waals surface area contributed by atoms with Crippen molar-refractivity contribution in [3.05, 3.63) is 59.1 Å². The van der Waals surface area contributed by atoms with Gasteiger partial charge in [0.05, 0.1) is 16.7 Å². The van der Waals surface area contributed by atoms with Gasteiger partial charge in [0.1, 0.15) is 12.4 Å². The molecule has 0 aliphatic carbocycles. The summed E-state index contributed by atoms with van der Waals surface area (Å²) in [7, 11) is 1.86. The van der Waals surface area contributed by atoms with Crippen molar-refractivity contribution in [1.82, 2.24) is 14.8 Å². The molecule has 4 rings (SSSR count). The summed E-state index contributed by atoms with van der Waals surface area (Å²) in [5.74, 6) is 0.982. The van der Waals surface area contributed by atoms with E-state index in [1.165, 1.54) is 0 Å². The molecule has 6 heteroatoms.